The van der Waals surface area contributed by atoms with Crippen LogP contribution >= 0.6 is 0 Å². The summed E-state index contributed by atoms with van der Waals surface area (Å²) in [5.41, 5.74) is 1.37. The Labute approximate surface area is 171 Å². The van der Waals surface area contributed by atoms with E-state index in [1.807, 2.05) is 0 Å². The van der Waals surface area contributed by atoms with Crippen molar-refractivity contribution in [2.45, 2.75) is 18.2 Å². The van der Waals surface area contributed by atoms with Gasteiger partial charge in [0.15, 0.2) is 5.84 Å². The van der Waals surface area contributed by atoms with Crippen LogP contribution in [-0.4, -0.2) is 20.6 Å². The van der Waals surface area contributed by atoms with Gasteiger partial charge in [-0.15, -0.1) is 17.6 Å². The number of halogens is 3. The largest absolute Gasteiger partial charge is 0.573 e. The van der Waals surface area contributed by atoms with E-state index in [9.17, 15) is 21.6 Å². The Morgan fingerprint density at radius 1 is 0.900 bits per heavy atom. The van der Waals surface area contributed by atoms with Crippen LogP contribution in [0.2, 0.25) is 0 Å². The van der Waals surface area contributed by atoms with Crippen molar-refractivity contribution in [1.82, 2.24) is 0 Å². The molecule has 9 heteroatoms. The fraction of sp³-hybridized carbons (Fsp3) is 0.0952. The molecule has 0 aromatic heterocycles. The van der Waals surface area contributed by atoms with E-state index in [4.69, 9.17) is 0 Å². The van der Waals surface area contributed by atoms with Gasteiger partial charge in [-0.05, 0) is 42.8 Å². The molecule has 0 aliphatic carbocycles. The summed E-state index contributed by atoms with van der Waals surface area (Å²) in [5, 5.41) is 2.86. The normalized spacial score (nSPS) is 12.5. The second kappa shape index (κ2) is 8.58. The second-order valence-electron chi connectivity index (χ2n) is 6.24. The maximum Gasteiger partial charge on any atom is 0.573 e. The maximum absolute atomic E-state index is 12.9. The number of alkyl halides is 3. The highest BCUT2D eigenvalue weighted by Crippen LogP contribution is 2.25. The van der Waals surface area contributed by atoms with Gasteiger partial charge in [0, 0.05) is 11.3 Å². The number of nitrogens with zero attached hydrogens (tertiary/aromatic N) is 1. The standard InChI is InChI=1S/C21H17F3N2O3S/c1-15-7-5-6-10-19(15)30(27,28)26-20(16-8-3-2-4-9-16)25-17-11-13-18(14-12-17)29-21(22,23)24/h2-14H,1H3,(H,25,26). The highest BCUT2D eigenvalue weighted by Gasteiger charge is 2.31. The van der Waals surface area contributed by atoms with Gasteiger partial charge >= 0.3 is 6.36 Å². The van der Waals surface area contributed by atoms with Gasteiger partial charge in [-0.1, -0.05) is 48.5 Å². The average Bonchev–Trinajstić information content (AvgIpc) is 2.68. The van der Waals surface area contributed by atoms with E-state index in [1.54, 1.807) is 55.5 Å². The van der Waals surface area contributed by atoms with Crippen LogP contribution in [0.25, 0.3) is 0 Å². The molecular formula is C21H17F3N2O3S. The Hall–Kier alpha value is -3.33. The zero-order valence-corrected chi connectivity index (χ0v) is 16.5. The molecule has 3 rings (SSSR count). The lowest BCUT2D eigenvalue weighted by atomic mass is 10.2. The molecule has 0 atom stereocenters. The molecule has 0 amide bonds. The van der Waals surface area contributed by atoms with Crippen molar-refractivity contribution in [3.05, 3.63) is 90.0 Å². The molecule has 3 aromatic rings. The van der Waals surface area contributed by atoms with Gasteiger partial charge in [-0.3, -0.25) is 0 Å². The fourth-order valence-electron chi connectivity index (χ4n) is 2.64. The predicted molar refractivity (Wildman–Crippen MR) is 108 cm³/mol. The minimum absolute atomic E-state index is 0.0309. The molecule has 3 aromatic carbocycles. The lowest BCUT2D eigenvalue weighted by Crippen LogP contribution is -2.18. The van der Waals surface area contributed by atoms with Gasteiger partial charge in [-0.25, -0.2) is 0 Å². The van der Waals surface area contributed by atoms with Crippen LogP contribution in [0.4, 0.5) is 18.9 Å². The summed E-state index contributed by atoms with van der Waals surface area (Å²) in [6.45, 7) is 1.66. The molecule has 0 spiro atoms. The molecule has 5 nitrogen and oxygen atoms in total. The first-order valence-corrected chi connectivity index (χ1v) is 10.2. The molecular weight excluding hydrogens is 417 g/mol. The summed E-state index contributed by atoms with van der Waals surface area (Å²) in [6.07, 6.45) is -4.80. The van der Waals surface area contributed by atoms with E-state index in [0.717, 1.165) is 12.1 Å². The van der Waals surface area contributed by atoms with Crippen LogP contribution in [0, 0.1) is 6.92 Å². The summed E-state index contributed by atoms with van der Waals surface area (Å²) < 4.78 is 70.5. The summed E-state index contributed by atoms with van der Waals surface area (Å²) >= 11 is 0. The van der Waals surface area contributed by atoms with E-state index in [1.165, 1.54) is 18.2 Å². The van der Waals surface area contributed by atoms with Crippen LogP contribution in [-0.2, 0) is 10.0 Å². The molecule has 0 aliphatic rings. The van der Waals surface area contributed by atoms with Crippen molar-refractivity contribution in [3.8, 4) is 5.75 Å². The fourth-order valence-corrected chi connectivity index (χ4v) is 3.85. The number of sulfonamides is 1. The second-order valence-corrected chi connectivity index (χ2v) is 7.82. The van der Waals surface area contributed by atoms with Gasteiger partial charge in [0.05, 0.1) is 4.90 Å². The molecule has 0 fully saturated rings. The van der Waals surface area contributed by atoms with E-state index >= 15 is 0 Å². The Balaban J connectivity index is 1.97. The zero-order chi connectivity index (χ0) is 21.8. The van der Waals surface area contributed by atoms with Gasteiger partial charge < -0.3 is 10.1 Å². The summed E-state index contributed by atoms with van der Waals surface area (Å²) in [7, 11) is -4.04. The Kier molecular flexibility index (Phi) is 6.12. The van der Waals surface area contributed by atoms with Gasteiger partial charge in [0.1, 0.15) is 5.75 Å². The molecule has 156 valence electrons. The summed E-state index contributed by atoms with van der Waals surface area (Å²) in [4.78, 5) is 0.0640. The Morgan fingerprint density at radius 2 is 1.50 bits per heavy atom. The number of hydrogen-bond acceptors (Lipinski definition) is 3. The molecule has 0 unspecified atom stereocenters. The first kappa shape index (κ1) is 21.4. The van der Waals surface area contributed by atoms with Crippen molar-refractivity contribution in [3.63, 3.8) is 0 Å². The maximum atomic E-state index is 12.9. The van der Waals surface area contributed by atoms with Crippen molar-refractivity contribution in [2.24, 2.45) is 4.40 Å². The molecule has 0 saturated carbocycles. The number of ether oxygens (including phenoxy) is 1. The summed E-state index contributed by atoms with van der Waals surface area (Å²) in [5.74, 6) is -0.359. The van der Waals surface area contributed by atoms with E-state index < -0.39 is 22.1 Å². The molecule has 0 aliphatic heterocycles. The van der Waals surface area contributed by atoms with Gasteiger partial charge in [0.25, 0.3) is 10.0 Å². The number of anilines is 1. The highest BCUT2D eigenvalue weighted by molar-refractivity contribution is 7.90. The van der Waals surface area contributed by atoms with Crippen molar-refractivity contribution in [2.75, 3.05) is 5.32 Å². The van der Waals surface area contributed by atoms with E-state index in [2.05, 4.69) is 14.5 Å². The zero-order valence-electron chi connectivity index (χ0n) is 15.7. The first-order valence-electron chi connectivity index (χ1n) is 8.73. The first-order chi connectivity index (χ1) is 14.1. The van der Waals surface area contributed by atoms with Crippen molar-refractivity contribution >= 4 is 21.5 Å². The molecule has 0 saturated heterocycles. The molecule has 0 bridgehead atoms. The Bertz CT molecular complexity index is 1140. The van der Waals surface area contributed by atoms with Crippen LogP contribution in [0.3, 0.4) is 0 Å². The SMILES string of the molecule is Cc1ccccc1S(=O)(=O)/N=C(\Nc1ccc(OC(F)(F)F)cc1)c1ccccc1. The molecule has 30 heavy (non-hydrogen) atoms. The number of hydrogen-bond donors (Lipinski definition) is 1. The smallest absolute Gasteiger partial charge is 0.406 e. The predicted octanol–water partition coefficient (Wildman–Crippen LogP) is 5.14. The van der Waals surface area contributed by atoms with Crippen LogP contribution < -0.4 is 10.1 Å². The minimum Gasteiger partial charge on any atom is -0.406 e. The molecule has 0 radical (unpaired) electrons. The van der Waals surface area contributed by atoms with Crippen LogP contribution in [0.1, 0.15) is 11.1 Å². The lowest BCUT2D eigenvalue weighted by Gasteiger charge is -2.13. The van der Waals surface area contributed by atoms with Crippen LogP contribution in [0.15, 0.2) is 88.2 Å². The third-order valence-corrected chi connectivity index (χ3v) is 5.42. The third kappa shape index (κ3) is 5.60. The van der Waals surface area contributed by atoms with Crippen molar-refractivity contribution in [1.29, 1.82) is 0 Å². The number of benzene rings is 3. The average molecular weight is 434 g/mol. The molecule has 1 N–H and O–H groups in total. The summed E-state index contributed by atoms with van der Waals surface area (Å²) in [6, 6.07) is 19.9. The molecule has 0 heterocycles. The topological polar surface area (TPSA) is 67.8 Å². The quantitative estimate of drug-likeness (QED) is 0.446. The third-order valence-electron chi connectivity index (χ3n) is 3.98. The minimum atomic E-state index is -4.80. The number of rotatable bonds is 5. The number of nitrogens with one attached hydrogen (secondary N) is 1. The van der Waals surface area contributed by atoms with E-state index in [-0.39, 0.29) is 10.7 Å². The number of amidine groups is 1. The van der Waals surface area contributed by atoms with Gasteiger partial charge in [-0.2, -0.15) is 8.42 Å². The Morgan fingerprint density at radius 3 is 2.10 bits per heavy atom. The van der Waals surface area contributed by atoms with E-state index in [0.29, 0.717) is 16.8 Å². The highest BCUT2D eigenvalue weighted by atomic mass is 32.2. The van der Waals surface area contributed by atoms with Crippen LogP contribution in [0.5, 0.6) is 5.75 Å². The number of aryl methyl sites for hydroxylation is 1. The monoisotopic (exact) mass is 434 g/mol. The lowest BCUT2D eigenvalue weighted by molar-refractivity contribution is -0.274. The van der Waals surface area contributed by atoms with Gasteiger partial charge in [0.2, 0.25) is 0 Å². The van der Waals surface area contributed by atoms with Crippen molar-refractivity contribution < 1.29 is 26.3 Å².